The van der Waals surface area contributed by atoms with E-state index in [-0.39, 0.29) is 18.6 Å². The van der Waals surface area contributed by atoms with Crippen LogP contribution >= 0.6 is 0 Å². The summed E-state index contributed by atoms with van der Waals surface area (Å²) in [5.41, 5.74) is 1.33. The molecule has 0 spiro atoms. The highest BCUT2D eigenvalue weighted by Crippen LogP contribution is 2.25. The lowest BCUT2D eigenvalue weighted by Crippen LogP contribution is -2.46. The molecule has 0 aromatic heterocycles. The van der Waals surface area contributed by atoms with Gasteiger partial charge in [0.25, 0.3) is 5.91 Å². The van der Waals surface area contributed by atoms with Crippen LogP contribution in [0, 0.1) is 17.8 Å². The van der Waals surface area contributed by atoms with Crippen molar-refractivity contribution in [2.75, 3.05) is 13.2 Å². The Morgan fingerprint density at radius 3 is 2.90 bits per heavy atom. The monoisotopic (exact) mass is 271 g/mol. The first kappa shape index (κ1) is 14.6. The fourth-order valence-corrected chi connectivity index (χ4v) is 2.69. The quantitative estimate of drug-likeness (QED) is 0.796. The van der Waals surface area contributed by atoms with Gasteiger partial charge >= 0.3 is 0 Å². The van der Waals surface area contributed by atoms with E-state index in [9.17, 15) is 4.79 Å². The van der Waals surface area contributed by atoms with Crippen molar-refractivity contribution in [3.63, 3.8) is 0 Å². The molecule has 2 unspecified atom stereocenters. The predicted molar refractivity (Wildman–Crippen MR) is 79.3 cm³/mol. The highest BCUT2D eigenvalue weighted by molar-refractivity contribution is 5.97. The molecule has 0 radical (unpaired) electrons. The average molecular weight is 271 g/mol. The molecule has 1 fully saturated rings. The predicted octanol–water partition coefficient (Wildman–Crippen LogP) is 2.29. The molecular weight excluding hydrogens is 250 g/mol. The largest absolute Gasteiger partial charge is 0.384 e. The Labute approximate surface area is 120 Å². The second kappa shape index (κ2) is 6.58. The van der Waals surface area contributed by atoms with Crippen molar-refractivity contribution in [3.8, 4) is 11.8 Å². The minimum absolute atomic E-state index is 0.0480. The number of carbonyl (C=O) groups excluding carboxylic acids is 1. The van der Waals surface area contributed by atoms with Gasteiger partial charge in [-0.25, -0.2) is 0 Å². The van der Waals surface area contributed by atoms with E-state index in [1.807, 2.05) is 29.2 Å². The first-order valence-corrected chi connectivity index (χ1v) is 7.15. The van der Waals surface area contributed by atoms with Crippen molar-refractivity contribution in [1.29, 1.82) is 0 Å². The highest BCUT2D eigenvalue weighted by atomic mass is 16.2. The maximum Gasteiger partial charge on any atom is 0.255 e. The van der Waals surface area contributed by atoms with Crippen LogP contribution in [0.4, 0.5) is 0 Å². The van der Waals surface area contributed by atoms with Crippen molar-refractivity contribution in [1.82, 2.24) is 4.90 Å². The molecule has 20 heavy (non-hydrogen) atoms. The lowest BCUT2D eigenvalue weighted by atomic mass is 9.91. The summed E-state index contributed by atoms with van der Waals surface area (Å²) in [5.74, 6) is 6.06. The van der Waals surface area contributed by atoms with Crippen LogP contribution in [0.1, 0.15) is 42.6 Å². The summed E-state index contributed by atoms with van der Waals surface area (Å²) in [7, 11) is 0. The number of aliphatic hydroxyl groups is 1. The van der Waals surface area contributed by atoms with E-state index in [0.717, 1.165) is 13.0 Å². The molecule has 1 aliphatic heterocycles. The summed E-state index contributed by atoms with van der Waals surface area (Å²) >= 11 is 0. The number of rotatable bonds is 1. The fraction of sp³-hybridized carbons (Fsp3) is 0.471. The lowest BCUT2D eigenvalue weighted by molar-refractivity contribution is 0.0551. The van der Waals surface area contributed by atoms with Crippen LogP contribution in [0.5, 0.6) is 0 Å². The number of nitrogens with zero attached hydrogens (tertiary/aromatic N) is 1. The Balaban J connectivity index is 2.29. The molecule has 0 bridgehead atoms. The maximum absolute atomic E-state index is 12.7. The Bertz CT molecular complexity index is 541. The molecule has 2 atom stereocenters. The molecule has 3 heteroatoms. The molecule has 1 amide bonds. The van der Waals surface area contributed by atoms with Crippen LogP contribution in [-0.4, -0.2) is 35.1 Å². The van der Waals surface area contributed by atoms with Crippen LogP contribution in [-0.2, 0) is 0 Å². The summed E-state index contributed by atoms with van der Waals surface area (Å²) in [6, 6.07) is 7.62. The second-order valence-electron chi connectivity index (χ2n) is 5.36. The van der Waals surface area contributed by atoms with Crippen molar-refractivity contribution < 1.29 is 9.90 Å². The van der Waals surface area contributed by atoms with E-state index < -0.39 is 0 Å². The topological polar surface area (TPSA) is 40.5 Å². The van der Waals surface area contributed by atoms with Gasteiger partial charge in [0.2, 0.25) is 0 Å². The summed E-state index contributed by atoms with van der Waals surface area (Å²) in [4.78, 5) is 14.7. The molecular formula is C17H21NO2. The average Bonchev–Trinajstić information content (AvgIpc) is 2.47. The first-order chi connectivity index (χ1) is 9.65. The highest BCUT2D eigenvalue weighted by Gasteiger charge is 2.29. The summed E-state index contributed by atoms with van der Waals surface area (Å²) in [5, 5.41) is 8.81. The molecule has 0 saturated carbocycles. The maximum atomic E-state index is 12.7. The minimum Gasteiger partial charge on any atom is -0.384 e. The zero-order valence-electron chi connectivity index (χ0n) is 12.1. The third-order valence-electron chi connectivity index (χ3n) is 4.09. The Morgan fingerprint density at radius 2 is 2.15 bits per heavy atom. The molecule has 1 aromatic carbocycles. The van der Waals surface area contributed by atoms with E-state index in [1.165, 1.54) is 6.42 Å². The third kappa shape index (κ3) is 3.02. The lowest BCUT2D eigenvalue weighted by Gasteiger charge is -2.38. The van der Waals surface area contributed by atoms with Gasteiger partial charge in [0.15, 0.2) is 0 Å². The van der Waals surface area contributed by atoms with Gasteiger partial charge in [-0.2, -0.15) is 0 Å². The number of carbonyl (C=O) groups is 1. The number of benzene rings is 1. The number of hydrogen-bond donors (Lipinski definition) is 1. The number of aliphatic hydroxyl groups excluding tert-OH is 1. The molecule has 1 aromatic rings. The number of amides is 1. The third-order valence-corrected chi connectivity index (χ3v) is 4.09. The minimum atomic E-state index is -0.195. The molecule has 3 nitrogen and oxygen atoms in total. The van der Waals surface area contributed by atoms with Gasteiger partial charge in [0.1, 0.15) is 6.61 Å². The molecule has 0 aliphatic carbocycles. The normalized spacial score (nSPS) is 22.1. The SMILES string of the molecule is CC1CCCN(C(=O)c2ccccc2C#CCO)C1C. The van der Waals surface area contributed by atoms with Crippen LogP contribution < -0.4 is 0 Å². The van der Waals surface area contributed by atoms with Crippen molar-refractivity contribution >= 4 is 5.91 Å². The van der Waals surface area contributed by atoms with Crippen LogP contribution in [0.3, 0.4) is 0 Å². The van der Waals surface area contributed by atoms with Gasteiger partial charge < -0.3 is 10.0 Å². The second-order valence-corrected chi connectivity index (χ2v) is 5.36. The van der Waals surface area contributed by atoms with Gasteiger partial charge in [-0.3, -0.25) is 4.79 Å². The molecule has 1 saturated heterocycles. The van der Waals surface area contributed by atoms with Gasteiger partial charge in [-0.1, -0.05) is 30.9 Å². The summed E-state index contributed by atoms with van der Waals surface area (Å²) < 4.78 is 0. The van der Waals surface area contributed by atoms with Crippen LogP contribution in [0.15, 0.2) is 24.3 Å². The van der Waals surface area contributed by atoms with Crippen LogP contribution in [0.2, 0.25) is 0 Å². The van der Waals surface area contributed by atoms with Crippen LogP contribution in [0.25, 0.3) is 0 Å². The van der Waals surface area contributed by atoms with E-state index in [1.54, 1.807) is 0 Å². The molecule has 2 rings (SSSR count). The van der Waals surface area contributed by atoms with Crippen molar-refractivity contribution in [3.05, 3.63) is 35.4 Å². The zero-order valence-corrected chi connectivity index (χ0v) is 12.1. The fourth-order valence-electron chi connectivity index (χ4n) is 2.69. The van der Waals surface area contributed by atoms with E-state index in [4.69, 9.17) is 5.11 Å². The van der Waals surface area contributed by atoms with Crippen molar-refractivity contribution in [2.24, 2.45) is 5.92 Å². The standard InChI is InChI=1S/C17H21NO2/c1-13-7-5-11-18(14(13)2)17(20)16-10-4-3-8-15(16)9-6-12-19/h3-4,8,10,13-14,19H,5,7,11-12H2,1-2H3. The van der Waals surface area contributed by atoms with E-state index in [0.29, 0.717) is 17.0 Å². The van der Waals surface area contributed by atoms with E-state index in [2.05, 4.69) is 25.7 Å². The molecule has 1 N–H and O–H groups in total. The molecule has 1 aliphatic rings. The van der Waals surface area contributed by atoms with Gasteiger partial charge in [-0.15, -0.1) is 0 Å². The van der Waals surface area contributed by atoms with Gasteiger partial charge in [0.05, 0.1) is 5.56 Å². The summed E-state index contributed by atoms with van der Waals surface area (Å²) in [6.07, 6.45) is 2.23. The first-order valence-electron chi connectivity index (χ1n) is 7.15. The Kier molecular flexibility index (Phi) is 4.81. The number of piperidine rings is 1. The zero-order chi connectivity index (χ0) is 14.5. The number of hydrogen-bond acceptors (Lipinski definition) is 2. The number of likely N-dealkylation sites (tertiary alicyclic amines) is 1. The Hall–Kier alpha value is -1.79. The smallest absolute Gasteiger partial charge is 0.255 e. The van der Waals surface area contributed by atoms with Gasteiger partial charge in [-0.05, 0) is 37.8 Å². The molecule has 106 valence electrons. The molecule has 1 heterocycles. The van der Waals surface area contributed by atoms with Gasteiger partial charge in [0, 0.05) is 18.2 Å². The van der Waals surface area contributed by atoms with E-state index >= 15 is 0 Å². The summed E-state index contributed by atoms with van der Waals surface area (Å²) in [6.45, 7) is 4.93. The Morgan fingerprint density at radius 1 is 1.40 bits per heavy atom. The van der Waals surface area contributed by atoms with Crippen molar-refractivity contribution in [2.45, 2.75) is 32.7 Å².